The van der Waals surface area contributed by atoms with Crippen molar-refractivity contribution in [3.05, 3.63) is 59.7 Å². The van der Waals surface area contributed by atoms with Gasteiger partial charge in [-0.05, 0) is 56.0 Å². The quantitative estimate of drug-likeness (QED) is 0.918. The third-order valence-electron chi connectivity index (χ3n) is 3.98. The number of benzene rings is 2. The van der Waals surface area contributed by atoms with E-state index in [1.54, 1.807) is 0 Å². The lowest BCUT2D eigenvalue weighted by Gasteiger charge is -2.25. The standard InChI is InChI=1S/C18H22N2/c1-13(19)11-15-7-9-17(10-8-15)20-14(2)12-16-5-3-4-6-18(16)20/h3-10,13-14H,11-12,19H2,1-2H3. The highest BCUT2D eigenvalue weighted by atomic mass is 15.2. The number of rotatable bonds is 3. The van der Waals surface area contributed by atoms with Crippen LogP contribution in [0.1, 0.15) is 25.0 Å². The van der Waals surface area contributed by atoms with Gasteiger partial charge in [-0.3, -0.25) is 0 Å². The van der Waals surface area contributed by atoms with Crippen molar-refractivity contribution in [1.82, 2.24) is 0 Å². The van der Waals surface area contributed by atoms with Gasteiger partial charge in [-0.25, -0.2) is 0 Å². The largest absolute Gasteiger partial charge is 0.338 e. The fourth-order valence-electron chi connectivity index (χ4n) is 3.12. The monoisotopic (exact) mass is 266 g/mol. The minimum absolute atomic E-state index is 0.215. The van der Waals surface area contributed by atoms with Gasteiger partial charge in [-0.1, -0.05) is 30.3 Å². The zero-order chi connectivity index (χ0) is 14.1. The lowest BCUT2D eigenvalue weighted by Crippen LogP contribution is -2.24. The summed E-state index contributed by atoms with van der Waals surface area (Å²) in [5.74, 6) is 0. The predicted octanol–water partition coefficient (Wildman–Crippen LogP) is 3.66. The van der Waals surface area contributed by atoms with Crippen molar-refractivity contribution in [2.75, 3.05) is 4.90 Å². The molecule has 104 valence electrons. The summed E-state index contributed by atoms with van der Waals surface area (Å²) in [7, 11) is 0. The Labute approximate surface area is 121 Å². The van der Waals surface area contributed by atoms with Crippen LogP contribution in [0.4, 0.5) is 11.4 Å². The lowest BCUT2D eigenvalue weighted by atomic mass is 10.1. The van der Waals surface area contributed by atoms with Gasteiger partial charge >= 0.3 is 0 Å². The molecule has 2 unspecified atom stereocenters. The van der Waals surface area contributed by atoms with Gasteiger partial charge in [-0.15, -0.1) is 0 Å². The van der Waals surface area contributed by atoms with Crippen LogP contribution in [0.15, 0.2) is 48.5 Å². The minimum atomic E-state index is 0.215. The van der Waals surface area contributed by atoms with Gasteiger partial charge in [-0.2, -0.15) is 0 Å². The summed E-state index contributed by atoms with van der Waals surface area (Å²) in [5, 5.41) is 0. The topological polar surface area (TPSA) is 29.3 Å². The smallest absolute Gasteiger partial charge is 0.0446 e. The van der Waals surface area contributed by atoms with Crippen molar-refractivity contribution < 1.29 is 0 Å². The first kappa shape index (κ1) is 13.2. The van der Waals surface area contributed by atoms with E-state index in [-0.39, 0.29) is 6.04 Å². The molecule has 0 fully saturated rings. The highest BCUT2D eigenvalue weighted by Crippen LogP contribution is 2.37. The minimum Gasteiger partial charge on any atom is -0.338 e. The maximum absolute atomic E-state index is 5.86. The van der Waals surface area contributed by atoms with Crippen molar-refractivity contribution in [2.45, 2.75) is 38.8 Å². The molecule has 0 aliphatic carbocycles. The molecule has 0 saturated heterocycles. The number of para-hydroxylation sites is 1. The Morgan fingerprint density at radius 3 is 2.55 bits per heavy atom. The number of fused-ring (bicyclic) bond motifs is 1. The van der Waals surface area contributed by atoms with E-state index in [0.29, 0.717) is 6.04 Å². The average Bonchev–Trinajstić information content (AvgIpc) is 2.75. The number of nitrogens with two attached hydrogens (primary N) is 1. The van der Waals surface area contributed by atoms with Crippen LogP contribution in [-0.2, 0) is 12.8 Å². The Morgan fingerprint density at radius 1 is 1.15 bits per heavy atom. The van der Waals surface area contributed by atoms with Crippen molar-refractivity contribution in [1.29, 1.82) is 0 Å². The lowest BCUT2D eigenvalue weighted by molar-refractivity contribution is 0.736. The molecule has 1 heterocycles. The molecular weight excluding hydrogens is 244 g/mol. The zero-order valence-corrected chi connectivity index (χ0v) is 12.2. The second kappa shape index (κ2) is 5.29. The molecule has 0 amide bonds. The maximum Gasteiger partial charge on any atom is 0.0446 e. The van der Waals surface area contributed by atoms with E-state index in [4.69, 9.17) is 5.73 Å². The summed E-state index contributed by atoms with van der Waals surface area (Å²) in [6.07, 6.45) is 2.06. The molecule has 0 spiro atoms. The molecule has 0 radical (unpaired) electrons. The van der Waals surface area contributed by atoms with Crippen LogP contribution < -0.4 is 10.6 Å². The van der Waals surface area contributed by atoms with Gasteiger partial charge in [0, 0.05) is 23.5 Å². The molecule has 2 heteroatoms. The van der Waals surface area contributed by atoms with Crippen LogP contribution in [0.25, 0.3) is 0 Å². The first-order chi connectivity index (χ1) is 9.65. The molecule has 2 aromatic carbocycles. The van der Waals surface area contributed by atoms with E-state index >= 15 is 0 Å². The SMILES string of the molecule is CC(N)Cc1ccc(N2c3ccccc3CC2C)cc1. The van der Waals surface area contributed by atoms with Crippen LogP contribution in [0.5, 0.6) is 0 Å². The molecular formula is C18H22N2. The number of nitrogens with zero attached hydrogens (tertiary/aromatic N) is 1. The molecule has 2 aromatic rings. The highest BCUT2D eigenvalue weighted by molar-refractivity contribution is 5.71. The zero-order valence-electron chi connectivity index (χ0n) is 12.2. The highest BCUT2D eigenvalue weighted by Gasteiger charge is 2.26. The Bertz CT molecular complexity index is 587. The van der Waals surface area contributed by atoms with Gasteiger partial charge in [0.15, 0.2) is 0 Å². The molecule has 20 heavy (non-hydrogen) atoms. The molecule has 3 rings (SSSR count). The van der Waals surface area contributed by atoms with Gasteiger partial charge in [0.05, 0.1) is 0 Å². The molecule has 0 bridgehead atoms. The third kappa shape index (κ3) is 2.44. The Hall–Kier alpha value is -1.80. The summed E-state index contributed by atoms with van der Waals surface area (Å²) in [5.41, 5.74) is 11.2. The van der Waals surface area contributed by atoms with Gasteiger partial charge in [0.2, 0.25) is 0 Å². The molecule has 0 saturated carbocycles. The maximum atomic E-state index is 5.86. The molecule has 2 nitrogen and oxygen atoms in total. The fourth-order valence-corrected chi connectivity index (χ4v) is 3.12. The first-order valence-electron chi connectivity index (χ1n) is 7.37. The van der Waals surface area contributed by atoms with Gasteiger partial charge < -0.3 is 10.6 Å². The molecule has 1 aliphatic heterocycles. The van der Waals surface area contributed by atoms with Crippen molar-refractivity contribution >= 4 is 11.4 Å². The van der Waals surface area contributed by atoms with E-state index in [1.807, 2.05) is 6.92 Å². The molecule has 2 N–H and O–H groups in total. The summed E-state index contributed by atoms with van der Waals surface area (Å²) in [4.78, 5) is 2.44. The van der Waals surface area contributed by atoms with E-state index in [2.05, 4.69) is 60.4 Å². The van der Waals surface area contributed by atoms with Crippen molar-refractivity contribution in [3.8, 4) is 0 Å². The number of anilines is 2. The second-order valence-electron chi connectivity index (χ2n) is 5.90. The first-order valence-corrected chi connectivity index (χ1v) is 7.37. The van der Waals surface area contributed by atoms with Crippen LogP contribution in [0, 0.1) is 0 Å². The summed E-state index contributed by atoms with van der Waals surface area (Å²) in [6, 6.07) is 18.3. The fraction of sp³-hybridized carbons (Fsp3) is 0.333. The second-order valence-corrected chi connectivity index (χ2v) is 5.90. The van der Waals surface area contributed by atoms with E-state index in [0.717, 1.165) is 12.8 Å². The summed E-state index contributed by atoms with van der Waals surface area (Å²) in [6.45, 7) is 4.34. The van der Waals surface area contributed by atoms with Crippen LogP contribution in [0.2, 0.25) is 0 Å². The number of hydrogen-bond acceptors (Lipinski definition) is 2. The van der Waals surface area contributed by atoms with Crippen molar-refractivity contribution in [3.63, 3.8) is 0 Å². The number of hydrogen-bond donors (Lipinski definition) is 1. The summed E-state index contributed by atoms with van der Waals surface area (Å²) < 4.78 is 0. The Balaban J connectivity index is 1.89. The Morgan fingerprint density at radius 2 is 1.85 bits per heavy atom. The van der Waals surface area contributed by atoms with E-state index < -0.39 is 0 Å². The normalized spacial score (nSPS) is 18.9. The van der Waals surface area contributed by atoms with E-state index in [9.17, 15) is 0 Å². The molecule has 1 aliphatic rings. The van der Waals surface area contributed by atoms with Gasteiger partial charge in [0.25, 0.3) is 0 Å². The third-order valence-corrected chi connectivity index (χ3v) is 3.98. The molecule has 2 atom stereocenters. The Kier molecular flexibility index (Phi) is 3.49. The molecule has 0 aromatic heterocycles. The van der Waals surface area contributed by atoms with Crippen LogP contribution in [0.3, 0.4) is 0 Å². The predicted molar refractivity (Wildman–Crippen MR) is 85.5 cm³/mol. The average molecular weight is 266 g/mol. The van der Waals surface area contributed by atoms with E-state index in [1.165, 1.54) is 22.5 Å². The van der Waals surface area contributed by atoms with Gasteiger partial charge in [0.1, 0.15) is 0 Å². The van der Waals surface area contributed by atoms with Crippen LogP contribution >= 0.6 is 0 Å². The van der Waals surface area contributed by atoms with Crippen LogP contribution in [-0.4, -0.2) is 12.1 Å². The summed E-state index contributed by atoms with van der Waals surface area (Å²) >= 11 is 0. The van der Waals surface area contributed by atoms with Crippen molar-refractivity contribution in [2.24, 2.45) is 5.73 Å².